The second-order valence-electron chi connectivity index (χ2n) is 4.35. The summed E-state index contributed by atoms with van der Waals surface area (Å²) in [5.74, 6) is 0. The first-order valence-corrected chi connectivity index (χ1v) is 5.42. The summed E-state index contributed by atoms with van der Waals surface area (Å²) in [7, 11) is 2.17. The number of rotatable bonds is 1. The van der Waals surface area contributed by atoms with Gasteiger partial charge in [0.1, 0.15) is 7.05 Å². The van der Waals surface area contributed by atoms with Crippen LogP contribution in [-0.4, -0.2) is 17.3 Å². The monoisotopic (exact) mass is 200 g/mol. The fourth-order valence-corrected chi connectivity index (χ4v) is 2.17. The molecule has 1 aromatic rings. The molecule has 0 amide bonds. The molecule has 0 spiro atoms. The number of likely N-dealkylation sites (N-methyl/N-ethyl adjacent to an activating group) is 1. The van der Waals surface area contributed by atoms with Crippen LogP contribution in [0.1, 0.15) is 31.0 Å². The molecule has 0 saturated carbocycles. The standard InChI is InChI=1S/C14H18N/c1-10-7-5-6-8-13(10)14-9-11(2)12(3)15(14)4/h5-9,14H,1-4H3/q+1. The van der Waals surface area contributed by atoms with E-state index in [-0.39, 0.29) is 0 Å². The number of aryl methyl sites for hydroxylation is 1. The van der Waals surface area contributed by atoms with Crippen molar-refractivity contribution in [1.82, 2.24) is 0 Å². The van der Waals surface area contributed by atoms with Gasteiger partial charge in [-0.3, -0.25) is 0 Å². The lowest BCUT2D eigenvalue weighted by Crippen LogP contribution is -2.14. The molecule has 1 aliphatic rings. The van der Waals surface area contributed by atoms with E-state index in [4.69, 9.17) is 0 Å². The second kappa shape index (κ2) is 3.65. The normalized spacial score (nSPS) is 20.8. The fourth-order valence-electron chi connectivity index (χ4n) is 2.17. The molecule has 0 radical (unpaired) electrons. The first-order chi connectivity index (χ1) is 7.11. The van der Waals surface area contributed by atoms with E-state index in [1.54, 1.807) is 0 Å². The van der Waals surface area contributed by atoms with Gasteiger partial charge in [0.25, 0.3) is 0 Å². The summed E-state index contributed by atoms with van der Waals surface area (Å²) in [5, 5.41) is 0. The van der Waals surface area contributed by atoms with Gasteiger partial charge in [-0.15, -0.1) is 0 Å². The minimum Gasteiger partial charge on any atom is -0.225 e. The Labute approximate surface area is 91.8 Å². The maximum absolute atomic E-state index is 2.34. The van der Waals surface area contributed by atoms with Gasteiger partial charge in [0, 0.05) is 18.1 Å². The number of allylic oxidation sites excluding steroid dienone is 1. The van der Waals surface area contributed by atoms with Crippen LogP contribution in [0, 0.1) is 6.92 Å². The predicted molar refractivity (Wildman–Crippen MR) is 64.5 cm³/mol. The molecule has 1 aliphatic heterocycles. The Morgan fingerprint density at radius 1 is 1.07 bits per heavy atom. The van der Waals surface area contributed by atoms with Crippen molar-refractivity contribution in [3.05, 3.63) is 47.0 Å². The summed E-state index contributed by atoms with van der Waals surface area (Å²) in [4.78, 5) is 0. The number of benzene rings is 1. The Hall–Kier alpha value is -1.37. The SMILES string of the molecule is CC1=CC(c2ccccc2C)[N+](C)=C1C. The molecule has 0 aromatic heterocycles. The first kappa shape index (κ1) is 10.2. The summed E-state index contributed by atoms with van der Waals surface area (Å²) < 4.78 is 2.34. The highest BCUT2D eigenvalue weighted by Gasteiger charge is 2.27. The lowest BCUT2D eigenvalue weighted by atomic mass is 10.0. The topological polar surface area (TPSA) is 3.01 Å². The highest BCUT2D eigenvalue weighted by molar-refractivity contribution is 5.95. The second-order valence-corrected chi connectivity index (χ2v) is 4.35. The molecule has 1 unspecified atom stereocenters. The smallest absolute Gasteiger partial charge is 0.197 e. The lowest BCUT2D eigenvalue weighted by Gasteiger charge is -2.09. The van der Waals surface area contributed by atoms with Crippen LogP contribution in [0.5, 0.6) is 0 Å². The highest BCUT2D eigenvalue weighted by atomic mass is 15.0. The molecule has 1 nitrogen and oxygen atoms in total. The Bertz CT molecular complexity index is 452. The molecule has 0 N–H and O–H groups in total. The van der Waals surface area contributed by atoms with E-state index in [9.17, 15) is 0 Å². The van der Waals surface area contributed by atoms with Crippen molar-refractivity contribution in [2.24, 2.45) is 0 Å². The molecule has 0 fully saturated rings. The van der Waals surface area contributed by atoms with Crippen molar-refractivity contribution in [1.29, 1.82) is 0 Å². The van der Waals surface area contributed by atoms with Crippen LogP contribution in [0.15, 0.2) is 35.9 Å². The zero-order valence-corrected chi connectivity index (χ0v) is 9.91. The molecule has 0 aliphatic carbocycles. The third kappa shape index (κ3) is 1.63. The van der Waals surface area contributed by atoms with Gasteiger partial charge < -0.3 is 0 Å². The quantitative estimate of drug-likeness (QED) is 0.613. The molecule has 1 heteroatoms. The molecule has 0 saturated heterocycles. The van der Waals surface area contributed by atoms with Gasteiger partial charge in [0.15, 0.2) is 11.8 Å². The number of hydrogen-bond acceptors (Lipinski definition) is 0. The van der Waals surface area contributed by atoms with Crippen molar-refractivity contribution in [3.8, 4) is 0 Å². The van der Waals surface area contributed by atoms with E-state index >= 15 is 0 Å². The maximum atomic E-state index is 2.34. The van der Waals surface area contributed by atoms with E-state index in [1.165, 1.54) is 22.4 Å². The van der Waals surface area contributed by atoms with Crippen molar-refractivity contribution in [3.63, 3.8) is 0 Å². The largest absolute Gasteiger partial charge is 0.225 e. The van der Waals surface area contributed by atoms with Crippen LogP contribution in [0.2, 0.25) is 0 Å². The molecule has 1 atom stereocenters. The van der Waals surface area contributed by atoms with Crippen LogP contribution < -0.4 is 0 Å². The zero-order chi connectivity index (χ0) is 11.0. The Balaban J connectivity index is 2.48. The van der Waals surface area contributed by atoms with E-state index < -0.39 is 0 Å². The van der Waals surface area contributed by atoms with E-state index in [1.807, 2.05) is 0 Å². The summed E-state index contributed by atoms with van der Waals surface area (Å²) >= 11 is 0. The van der Waals surface area contributed by atoms with Gasteiger partial charge in [-0.1, -0.05) is 24.3 Å². The molecule has 78 valence electrons. The van der Waals surface area contributed by atoms with E-state index in [0.29, 0.717) is 6.04 Å². The molecule has 15 heavy (non-hydrogen) atoms. The lowest BCUT2D eigenvalue weighted by molar-refractivity contribution is -0.527. The van der Waals surface area contributed by atoms with Crippen molar-refractivity contribution in [2.75, 3.05) is 7.05 Å². The van der Waals surface area contributed by atoms with Crippen LogP contribution in [0.3, 0.4) is 0 Å². The van der Waals surface area contributed by atoms with Crippen molar-refractivity contribution < 1.29 is 4.58 Å². The fraction of sp³-hybridized carbons (Fsp3) is 0.357. The van der Waals surface area contributed by atoms with Crippen molar-refractivity contribution >= 4 is 5.71 Å². The molecule has 2 rings (SSSR count). The third-order valence-electron chi connectivity index (χ3n) is 3.43. The van der Waals surface area contributed by atoms with Gasteiger partial charge in [-0.25, -0.2) is 4.58 Å². The Morgan fingerprint density at radius 3 is 2.27 bits per heavy atom. The van der Waals surface area contributed by atoms with Gasteiger partial charge >= 0.3 is 0 Å². The summed E-state index contributed by atoms with van der Waals surface area (Å²) in [6, 6.07) is 9.04. The summed E-state index contributed by atoms with van der Waals surface area (Å²) in [6.07, 6.45) is 2.34. The van der Waals surface area contributed by atoms with Gasteiger partial charge in [-0.2, -0.15) is 0 Å². The molecular formula is C14H18N+. The average molecular weight is 200 g/mol. The summed E-state index contributed by atoms with van der Waals surface area (Å²) in [5.41, 5.74) is 5.55. The zero-order valence-electron chi connectivity index (χ0n) is 9.91. The Morgan fingerprint density at radius 2 is 1.73 bits per heavy atom. The molecule has 1 heterocycles. The van der Waals surface area contributed by atoms with Crippen LogP contribution in [-0.2, 0) is 0 Å². The maximum Gasteiger partial charge on any atom is 0.197 e. The van der Waals surface area contributed by atoms with E-state index in [0.717, 1.165) is 0 Å². The summed E-state index contributed by atoms with van der Waals surface area (Å²) in [6.45, 7) is 6.55. The molecular weight excluding hydrogens is 182 g/mol. The van der Waals surface area contributed by atoms with Gasteiger partial charge in [-0.05, 0) is 25.5 Å². The highest BCUT2D eigenvalue weighted by Crippen LogP contribution is 2.27. The minimum atomic E-state index is 0.422. The first-order valence-electron chi connectivity index (χ1n) is 5.42. The third-order valence-corrected chi connectivity index (χ3v) is 3.43. The van der Waals surface area contributed by atoms with E-state index in [2.05, 4.69) is 62.7 Å². The number of nitrogens with zero attached hydrogens (tertiary/aromatic N) is 1. The number of hydrogen-bond donors (Lipinski definition) is 0. The van der Waals surface area contributed by atoms with Gasteiger partial charge in [0.2, 0.25) is 0 Å². The van der Waals surface area contributed by atoms with Gasteiger partial charge in [0.05, 0.1) is 0 Å². The predicted octanol–water partition coefficient (Wildman–Crippen LogP) is 3.10. The Kier molecular flexibility index (Phi) is 2.47. The average Bonchev–Trinajstić information content (AvgIpc) is 2.47. The van der Waals surface area contributed by atoms with Crippen LogP contribution in [0.25, 0.3) is 0 Å². The molecule has 0 bridgehead atoms. The van der Waals surface area contributed by atoms with Crippen molar-refractivity contribution in [2.45, 2.75) is 26.8 Å². The van der Waals surface area contributed by atoms with Crippen LogP contribution in [0.4, 0.5) is 0 Å². The minimum absolute atomic E-state index is 0.422. The molecule has 1 aromatic carbocycles. The van der Waals surface area contributed by atoms with Crippen LogP contribution >= 0.6 is 0 Å².